The predicted octanol–water partition coefficient (Wildman–Crippen LogP) is 4.12. The standard InChI is InChI=1S/C22H27NO3/c1-25-21-14-18(12-13-23-22(24)15-17-8-5-9-17)10-11-20(21)26-16-19-6-3-2-4-7-19/h2-4,6-7,10-11,14,17H,5,8-9,12-13,15-16H2,1H3,(H,23,24). The van der Waals surface area contributed by atoms with Gasteiger partial charge in [0, 0.05) is 13.0 Å². The van der Waals surface area contributed by atoms with Crippen molar-refractivity contribution in [1.29, 1.82) is 0 Å². The molecule has 0 radical (unpaired) electrons. The summed E-state index contributed by atoms with van der Waals surface area (Å²) in [6, 6.07) is 16.0. The lowest BCUT2D eigenvalue weighted by Gasteiger charge is -2.24. The molecule has 4 nitrogen and oxygen atoms in total. The Morgan fingerprint density at radius 1 is 1.08 bits per heavy atom. The first kappa shape index (κ1) is 18.3. The van der Waals surface area contributed by atoms with Gasteiger partial charge in [-0.2, -0.15) is 0 Å². The monoisotopic (exact) mass is 353 g/mol. The van der Waals surface area contributed by atoms with E-state index in [0.717, 1.165) is 29.0 Å². The van der Waals surface area contributed by atoms with Crippen LogP contribution in [0.15, 0.2) is 48.5 Å². The number of hydrogen-bond donors (Lipinski definition) is 1. The molecule has 138 valence electrons. The molecule has 4 heteroatoms. The van der Waals surface area contributed by atoms with Gasteiger partial charge in [0.2, 0.25) is 5.91 Å². The van der Waals surface area contributed by atoms with Crippen molar-refractivity contribution in [3.8, 4) is 11.5 Å². The molecule has 1 fully saturated rings. The quantitative estimate of drug-likeness (QED) is 0.737. The number of carbonyl (C=O) groups is 1. The molecule has 0 heterocycles. The van der Waals surface area contributed by atoms with E-state index in [0.29, 0.717) is 25.5 Å². The number of methoxy groups -OCH3 is 1. The average Bonchev–Trinajstić information content (AvgIpc) is 2.64. The van der Waals surface area contributed by atoms with Gasteiger partial charge in [0.15, 0.2) is 11.5 Å². The Morgan fingerprint density at radius 3 is 2.58 bits per heavy atom. The highest BCUT2D eigenvalue weighted by Gasteiger charge is 2.20. The first-order chi connectivity index (χ1) is 12.7. The second kappa shape index (κ2) is 9.27. The van der Waals surface area contributed by atoms with Crippen LogP contribution in [-0.2, 0) is 17.8 Å². The zero-order chi connectivity index (χ0) is 18.2. The smallest absolute Gasteiger partial charge is 0.220 e. The lowest BCUT2D eigenvalue weighted by molar-refractivity contribution is -0.122. The van der Waals surface area contributed by atoms with E-state index in [1.165, 1.54) is 19.3 Å². The first-order valence-electron chi connectivity index (χ1n) is 9.35. The third-order valence-corrected chi connectivity index (χ3v) is 4.90. The van der Waals surface area contributed by atoms with E-state index in [-0.39, 0.29) is 5.91 Å². The molecule has 1 amide bonds. The normalized spacial score (nSPS) is 13.7. The summed E-state index contributed by atoms with van der Waals surface area (Å²) in [6.07, 6.45) is 5.14. The molecule has 0 unspecified atom stereocenters. The van der Waals surface area contributed by atoms with Crippen LogP contribution >= 0.6 is 0 Å². The van der Waals surface area contributed by atoms with Crippen LogP contribution in [-0.4, -0.2) is 19.6 Å². The molecule has 0 bridgehead atoms. The largest absolute Gasteiger partial charge is 0.493 e. The highest BCUT2D eigenvalue weighted by Crippen LogP contribution is 2.30. The van der Waals surface area contributed by atoms with Crippen LogP contribution in [0.5, 0.6) is 11.5 Å². The van der Waals surface area contributed by atoms with Crippen molar-refractivity contribution < 1.29 is 14.3 Å². The molecule has 0 aliphatic heterocycles. The topological polar surface area (TPSA) is 47.6 Å². The van der Waals surface area contributed by atoms with Crippen molar-refractivity contribution in [3.63, 3.8) is 0 Å². The van der Waals surface area contributed by atoms with Gasteiger partial charge in [-0.1, -0.05) is 42.8 Å². The van der Waals surface area contributed by atoms with Crippen molar-refractivity contribution in [2.75, 3.05) is 13.7 Å². The van der Waals surface area contributed by atoms with Crippen LogP contribution in [0.4, 0.5) is 0 Å². The number of carbonyl (C=O) groups excluding carboxylic acids is 1. The van der Waals surface area contributed by atoms with Gasteiger partial charge in [0.1, 0.15) is 6.61 Å². The predicted molar refractivity (Wildman–Crippen MR) is 102 cm³/mol. The van der Waals surface area contributed by atoms with Crippen LogP contribution < -0.4 is 14.8 Å². The highest BCUT2D eigenvalue weighted by atomic mass is 16.5. The molecule has 26 heavy (non-hydrogen) atoms. The van der Waals surface area contributed by atoms with Crippen LogP contribution in [0.3, 0.4) is 0 Å². The Hall–Kier alpha value is -2.49. The fourth-order valence-electron chi connectivity index (χ4n) is 3.10. The third kappa shape index (κ3) is 5.25. The van der Waals surface area contributed by atoms with Crippen molar-refractivity contribution in [1.82, 2.24) is 5.32 Å². The minimum Gasteiger partial charge on any atom is -0.493 e. The molecule has 0 aromatic heterocycles. The van der Waals surface area contributed by atoms with Gasteiger partial charge in [0.05, 0.1) is 7.11 Å². The van der Waals surface area contributed by atoms with Crippen molar-refractivity contribution in [2.24, 2.45) is 5.92 Å². The van der Waals surface area contributed by atoms with Gasteiger partial charge < -0.3 is 14.8 Å². The van der Waals surface area contributed by atoms with Crippen LogP contribution in [0.1, 0.15) is 36.8 Å². The molecule has 1 saturated carbocycles. The Morgan fingerprint density at radius 2 is 1.88 bits per heavy atom. The molecular weight excluding hydrogens is 326 g/mol. The Kier molecular flexibility index (Phi) is 6.53. The van der Waals surface area contributed by atoms with Crippen molar-refractivity contribution in [2.45, 2.75) is 38.7 Å². The number of benzene rings is 2. The number of amides is 1. The fraction of sp³-hybridized carbons (Fsp3) is 0.409. The van der Waals surface area contributed by atoms with E-state index in [4.69, 9.17) is 9.47 Å². The van der Waals surface area contributed by atoms with Crippen LogP contribution in [0.25, 0.3) is 0 Å². The van der Waals surface area contributed by atoms with E-state index >= 15 is 0 Å². The fourth-order valence-corrected chi connectivity index (χ4v) is 3.10. The van der Waals surface area contributed by atoms with Gasteiger partial charge in [-0.25, -0.2) is 0 Å². The zero-order valence-corrected chi connectivity index (χ0v) is 15.4. The third-order valence-electron chi connectivity index (χ3n) is 4.90. The summed E-state index contributed by atoms with van der Waals surface area (Å²) in [4.78, 5) is 11.9. The lowest BCUT2D eigenvalue weighted by Crippen LogP contribution is -2.29. The number of ether oxygens (including phenoxy) is 2. The molecule has 0 saturated heterocycles. The maximum atomic E-state index is 11.9. The van der Waals surface area contributed by atoms with Gasteiger partial charge in [-0.3, -0.25) is 4.79 Å². The van der Waals surface area contributed by atoms with Crippen LogP contribution in [0.2, 0.25) is 0 Å². The Balaban J connectivity index is 1.48. The molecular formula is C22H27NO3. The van der Waals surface area contributed by atoms with E-state index in [9.17, 15) is 4.79 Å². The molecule has 1 aliphatic rings. The van der Waals surface area contributed by atoms with Gasteiger partial charge in [-0.15, -0.1) is 0 Å². The molecule has 3 rings (SSSR count). The maximum absolute atomic E-state index is 11.9. The first-order valence-corrected chi connectivity index (χ1v) is 9.35. The van der Waals surface area contributed by atoms with Gasteiger partial charge in [-0.05, 0) is 48.4 Å². The number of rotatable bonds is 9. The molecule has 1 N–H and O–H groups in total. The minimum atomic E-state index is 0.171. The molecule has 0 spiro atoms. The van der Waals surface area contributed by atoms with Gasteiger partial charge in [0.25, 0.3) is 0 Å². The molecule has 0 atom stereocenters. The highest BCUT2D eigenvalue weighted by molar-refractivity contribution is 5.76. The molecule has 2 aromatic carbocycles. The van der Waals surface area contributed by atoms with E-state index in [2.05, 4.69) is 5.32 Å². The Labute approximate surface area is 155 Å². The summed E-state index contributed by atoms with van der Waals surface area (Å²) in [5, 5.41) is 3.02. The zero-order valence-electron chi connectivity index (χ0n) is 15.4. The second-order valence-corrected chi connectivity index (χ2v) is 6.86. The minimum absolute atomic E-state index is 0.171. The lowest BCUT2D eigenvalue weighted by atomic mass is 9.83. The molecule has 1 aliphatic carbocycles. The average molecular weight is 353 g/mol. The van der Waals surface area contributed by atoms with Crippen molar-refractivity contribution >= 4 is 5.91 Å². The van der Waals surface area contributed by atoms with Crippen molar-refractivity contribution in [3.05, 3.63) is 59.7 Å². The van der Waals surface area contributed by atoms with E-state index in [1.807, 2.05) is 48.5 Å². The van der Waals surface area contributed by atoms with Gasteiger partial charge >= 0.3 is 0 Å². The summed E-state index contributed by atoms with van der Waals surface area (Å²) < 4.78 is 11.3. The summed E-state index contributed by atoms with van der Waals surface area (Å²) in [5.41, 5.74) is 2.24. The Bertz CT molecular complexity index is 711. The number of nitrogens with one attached hydrogen (secondary N) is 1. The molecule has 2 aromatic rings. The summed E-state index contributed by atoms with van der Waals surface area (Å²) in [7, 11) is 1.65. The van der Waals surface area contributed by atoms with E-state index in [1.54, 1.807) is 7.11 Å². The second-order valence-electron chi connectivity index (χ2n) is 6.86. The summed E-state index contributed by atoms with van der Waals surface area (Å²) >= 11 is 0. The van der Waals surface area contributed by atoms with E-state index < -0.39 is 0 Å². The SMILES string of the molecule is COc1cc(CCNC(=O)CC2CCC2)ccc1OCc1ccccc1. The number of hydrogen-bond acceptors (Lipinski definition) is 3. The maximum Gasteiger partial charge on any atom is 0.220 e. The summed E-state index contributed by atoms with van der Waals surface area (Å²) in [5.74, 6) is 2.23. The van der Waals surface area contributed by atoms with Crippen LogP contribution in [0, 0.1) is 5.92 Å². The summed E-state index contributed by atoms with van der Waals surface area (Å²) in [6.45, 7) is 1.16.